The molecule has 0 saturated carbocycles. The standard InChI is InChI=1S/C19H26BrNO5/c1-12-6-5-7-13(2)21(12)18(22)11-26-19(23)9-14-8-16(24-3)17(25-4)10-15(14)20/h8,10,12-13H,5-7,9,11H2,1-4H3/t12-,13-/m1/s1. The Bertz CT molecular complexity index is 654. The van der Waals surface area contributed by atoms with Crippen LogP contribution in [0.2, 0.25) is 0 Å². The number of hydrogen-bond donors (Lipinski definition) is 0. The van der Waals surface area contributed by atoms with Gasteiger partial charge in [0, 0.05) is 16.6 Å². The molecule has 1 aliphatic rings. The van der Waals surface area contributed by atoms with Crippen molar-refractivity contribution in [3.05, 3.63) is 22.2 Å². The fourth-order valence-corrected chi connectivity index (χ4v) is 3.83. The van der Waals surface area contributed by atoms with E-state index in [0.717, 1.165) is 23.7 Å². The third-order valence-corrected chi connectivity index (χ3v) is 5.46. The number of ether oxygens (including phenoxy) is 3. The second kappa shape index (κ2) is 9.26. The first kappa shape index (κ1) is 20.6. The third kappa shape index (κ3) is 4.90. The van der Waals surface area contributed by atoms with Crippen LogP contribution in [0.5, 0.6) is 11.5 Å². The zero-order chi connectivity index (χ0) is 19.3. The van der Waals surface area contributed by atoms with Crippen LogP contribution >= 0.6 is 15.9 Å². The lowest BCUT2D eigenvalue weighted by Gasteiger charge is -2.38. The molecule has 2 atom stereocenters. The summed E-state index contributed by atoms with van der Waals surface area (Å²) in [6.45, 7) is 3.85. The summed E-state index contributed by atoms with van der Waals surface area (Å²) in [5, 5.41) is 0. The molecule has 144 valence electrons. The van der Waals surface area contributed by atoms with Gasteiger partial charge in [0.25, 0.3) is 5.91 Å². The molecule has 0 radical (unpaired) electrons. The Hall–Kier alpha value is -1.76. The van der Waals surface area contributed by atoms with Crippen molar-refractivity contribution in [1.29, 1.82) is 0 Å². The van der Waals surface area contributed by atoms with Crippen LogP contribution < -0.4 is 9.47 Å². The maximum absolute atomic E-state index is 12.4. The maximum atomic E-state index is 12.4. The molecule has 1 fully saturated rings. The van der Waals surface area contributed by atoms with E-state index in [0.29, 0.717) is 17.1 Å². The summed E-state index contributed by atoms with van der Waals surface area (Å²) in [6, 6.07) is 3.83. The molecule has 1 amide bonds. The number of benzene rings is 1. The van der Waals surface area contributed by atoms with Crippen molar-refractivity contribution in [2.75, 3.05) is 20.8 Å². The Morgan fingerprint density at radius 3 is 2.27 bits per heavy atom. The van der Waals surface area contributed by atoms with Gasteiger partial charge in [-0.15, -0.1) is 0 Å². The second-order valence-electron chi connectivity index (χ2n) is 6.57. The maximum Gasteiger partial charge on any atom is 0.310 e. The van der Waals surface area contributed by atoms with E-state index < -0.39 is 5.97 Å². The van der Waals surface area contributed by atoms with Crippen molar-refractivity contribution in [1.82, 2.24) is 4.90 Å². The Morgan fingerprint density at radius 1 is 1.12 bits per heavy atom. The Balaban J connectivity index is 1.95. The number of amides is 1. The molecule has 1 heterocycles. The summed E-state index contributed by atoms with van der Waals surface area (Å²) in [6.07, 6.45) is 3.14. The van der Waals surface area contributed by atoms with Crippen LogP contribution in [-0.2, 0) is 20.7 Å². The van der Waals surface area contributed by atoms with E-state index in [9.17, 15) is 9.59 Å². The topological polar surface area (TPSA) is 65.1 Å². The molecule has 0 spiro atoms. The molecule has 0 unspecified atom stereocenters. The molecule has 6 nitrogen and oxygen atoms in total. The monoisotopic (exact) mass is 427 g/mol. The molecule has 1 aromatic rings. The van der Waals surface area contributed by atoms with Gasteiger partial charge in [0.1, 0.15) is 0 Å². The molecule has 26 heavy (non-hydrogen) atoms. The van der Waals surface area contributed by atoms with Gasteiger partial charge < -0.3 is 19.1 Å². The third-order valence-electron chi connectivity index (χ3n) is 4.73. The number of likely N-dealkylation sites (tertiary alicyclic amines) is 1. The van der Waals surface area contributed by atoms with Crippen LogP contribution in [0.15, 0.2) is 16.6 Å². The average molecular weight is 428 g/mol. The predicted octanol–water partition coefficient (Wildman–Crippen LogP) is 3.34. The molecular formula is C19H26BrNO5. The second-order valence-corrected chi connectivity index (χ2v) is 7.42. The molecular weight excluding hydrogens is 402 g/mol. The SMILES string of the molecule is COc1cc(Br)c(CC(=O)OCC(=O)N2[C@H](C)CCC[C@H]2C)cc1OC. The van der Waals surface area contributed by atoms with Gasteiger partial charge in [-0.1, -0.05) is 15.9 Å². The molecule has 1 aromatic carbocycles. The smallest absolute Gasteiger partial charge is 0.310 e. The molecule has 0 bridgehead atoms. The largest absolute Gasteiger partial charge is 0.493 e. The lowest BCUT2D eigenvalue weighted by molar-refractivity contribution is -0.154. The number of carbonyl (C=O) groups excluding carboxylic acids is 2. The van der Waals surface area contributed by atoms with Crippen LogP contribution in [0.3, 0.4) is 0 Å². The van der Waals surface area contributed by atoms with Crippen molar-refractivity contribution in [2.24, 2.45) is 0 Å². The lowest BCUT2D eigenvalue weighted by Crippen LogP contribution is -2.49. The fourth-order valence-electron chi connectivity index (χ4n) is 3.37. The minimum atomic E-state index is -0.455. The first-order valence-corrected chi connectivity index (χ1v) is 9.53. The number of hydrogen-bond acceptors (Lipinski definition) is 5. The van der Waals surface area contributed by atoms with E-state index in [4.69, 9.17) is 14.2 Å². The summed E-state index contributed by atoms with van der Waals surface area (Å²) in [5.41, 5.74) is 0.708. The molecule has 0 aromatic heterocycles. The first-order chi connectivity index (χ1) is 12.4. The molecule has 7 heteroatoms. The van der Waals surface area contributed by atoms with Crippen LogP contribution in [0.1, 0.15) is 38.7 Å². The van der Waals surface area contributed by atoms with Gasteiger partial charge >= 0.3 is 5.97 Å². The van der Waals surface area contributed by atoms with Gasteiger partial charge in [-0.2, -0.15) is 0 Å². The van der Waals surface area contributed by atoms with Crippen LogP contribution in [-0.4, -0.2) is 49.7 Å². The number of halogens is 1. The summed E-state index contributed by atoms with van der Waals surface area (Å²) in [4.78, 5) is 26.4. The molecule has 2 rings (SSSR count). The fraction of sp³-hybridized carbons (Fsp3) is 0.579. The quantitative estimate of drug-likeness (QED) is 0.651. The van der Waals surface area contributed by atoms with Crippen molar-refractivity contribution in [3.63, 3.8) is 0 Å². The molecule has 0 N–H and O–H groups in total. The highest BCUT2D eigenvalue weighted by atomic mass is 79.9. The van der Waals surface area contributed by atoms with Gasteiger partial charge in [-0.25, -0.2) is 0 Å². The number of piperidine rings is 1. The minimum Gasteiger partial charge on any atom is -0.493 e. The normalized spacial score (nSPS) is 19.8. The van der Waals surface area contributed by atoms with Gasteiger partial charge in [0.05, 0.1) is 20.6 Å². The highest BCUT2D eigenvalue weighted by Crippen LogP contribution is 2.33. The Kier molecular flexibility index (Phi) is 7.32. The van der Waals surface area contributed by atoms with Crippen molar-refractivity contribution >= 4 is 27.8 Å². The number of esters is 1. The number of methoxy groups -OCH3 is 2. The van der Waals surface area contributed by atoms with Crippen molar-refractivity contribution < 1.29 is 23.8 Å². The highest BCUT2D eigenvalue weighted by molar-refractivity contribution is 9.10. The van der Waals surface area contributed by atoms with E-state index >= 15 is 0 Å². The van der Waals surface area contributed by atoms with Gasteiger partial charge in [-0.3, -0.25) is 9.59 Å². The van der Waals surface area contributed by atoms with E-state index in [2.05, 4.69) is 15.9 Å². The van der Waals surface area contributed by atoms with Crippen molar-refractivity contribution in [3.8, 4) is 11.5 Å². The van der Waals surface area contributed by atoms with E-state index in [1.165, 1.54) is 7.11 Å². The van der Waals surface area contributed by atoms with Crippen molar-refractivity contribution in [2.45, 2.75) is 51.6 Å². The van der Waals surface area contributed by atoms with Crippen LogP contribution in [0.25, 0.3) is 0 Å². The Labute approximate surface area is 162 Å². The van der Waals surface area contributed by atoms with Gasteiger partial charge in [0.15, 0.2) is 18.1 Å². The summed E-state index contributed by atoms with van der Waals surface area (Å²) in [7, 11) is 3.08. The number of carbonyl (C=O) groups is 2. The van der Waals surface area contributed by atoms with Gasteiger partial charge in [-0.05, 0) is 50.8 Å². The van der Waals surface area contributed by atoms with E-state index in [-0.39, 0.29) is 31.0 Å². The zero-order valence-corrected chi connectivity index (χ0v) is 17.3. The number of nitrogens with zero attached hydrogens (tertiary/aromatic N) is 1. The summed E-state index contributed by atoms with van der Waals surface area (Å²) in [5.74, 6) is 0.512. The Morgan fingerprint density at radius 2 is 1.69 bits per heavy atom. The van der Waals surface area contributed by atoms with E-state index in [1.54, 1.807) is 19.2 Å². The van der Waals surface area contributed by atoms with Crippen LogP contribution in [0, 0.1) is 0 Å². The first-order valence-electron chi connectivity index (χ1n) is 8.74. The summed E-state index contributed by atoms with van der Waals surface area (Å²) >= 11 is 3.42. The van der Waals surface area contributed by atoms with Gasteiger partial charge in [0.2, 0.25) is 0 Å². The average Bonchev–Trinajstić information content (AvgIpc) is 2.61. The number of rotatable bonds is 6. The molecule has 1 aliphatic heterocycles. The zero-order valence-electron chi connectivity index (χ0n) is 15.7. The van der Waals surface area contributed by atoms with E-state index in [1.807, 2.05) is 18.7 Å². The lowest BCUT2D eigenvalue weighted by atomic mass is 9.97. The molecule has 1 saturated heterocycles. The summed E-state index contributed by atoms with van der Waals surface area (Å²) < 4.78 is 16.4. The predicted molar refractivity (Wildman–Crippen MR) is 102 cm³/mol. The highest BCUT2D eigenvalue weighted by Gasteiger charge is 2.29. The van der Waals surface area contributed by atoms with Crippen LogP contribution in [0.4, 0.5) is 0 Å². The molecule has 0 aliphatic carbocycles. The minimum absolute atomic E-state index is 0.0410.